The number of carbonyl (C=O) groups excluding carboxylic acids is 1. The van der Waals surface area contributed by atoms with Gasteiger partial charge in [-0.15, -0.1) is 0 Å². The van der Waals surface area contributed by atoms with E-state index < -0.39 is 0 Å². The Morgan fingerprint density at radius 1 is 1.25 bits per heavy atom. The molecule has 3 heteroatoms. The highest BCUT2D eigenvalue weighted by Gasteiger charge is 2.42. The molecule has 106 valence electrons. The highest BCUT2D eigenvalue weighted by atomic mass is 16.1. The van der Waals surface area contributed by atoms with Crippen LogP contribution in [-0.4, -0.2) is 18.5 Å². The first-order valence-electron chi connectivity index (χ1n) is 7.95. The number of carbonyl (C=O) groups is 1. The van der Waals surface area contributed by atoms with Crippen molar-refractivity contribution in [3.63, 3.8) is 0 Å². The molecular weight excluding hydrogens is 248 g/mol. The van der Waals surface area contributed by atoms with Crippen LogP contribution in [0.5, 0.6) is 0 Å². The molecule has 1 aliphatic carbocycles. The van der Waals surface area contributed by atoms with E-state index >= 15 is 0 Å². The van der Waals surface area contributed by atoms with E-state index in [9.17, 15) is 4.79 Å². The summed E-state index contributed by atoms with van der Waals surface area (Å²) in [6.45, 7) is 2.81. The first kappa shape index (κ1) is 12.2. The second kappa shape index (κ2) is 4.51. The van der Waals surface area contributed by atoms with Crippen molar-refractivity contribution in [3.8, 4) is 0 Å². The van der Waals surface area contributed by atoms with Gasteiger partial charge in [-0.25, -0.2) is 0 Å². The molecule has 1 aromatic carbocycles. The van der Waals surface area contributed by atoms with E-state index in [4.69, 9.17) is 0 Å². The zero-order chi connectivity index (χ0) is 13.7. The molecule has 1 saturated carbocycles. The number of nitrogens with zero attached hydrogens (tertiary/aromatic N) is 1. The van der Waals surface area contributed by atoms with Gasteiger partial charge in [0.15, 0.2) is 0 Å². The molecule has 0 spiro atoms. The van der Waals surface area contributed by atoms with Crippen LogP contribution in [0.4, 0.5) is 11.4 Å². The monoisotopic (exact) mass is 270 g/mol. The fraction of sp³-hybridized carbons (Fsp3) is 0.588. The Hall–Kier alpha value is -1.51. The van der Waals surface area contributed by atoms with Gasteiger partial charge < -0.3 is 10.2 Å². The van der Waals surface area contributed by atoms with Crippen molar-refractivity contribution in [2.45, 2.75) is 57.4 Å². The molecule has 0 radical (unpaired) electrons. The molecule has 0 aromatic heterocycles. The molecule has 1 aromatic rings. The second-order valence-electron chi connectivity index (χ2n) is 6.51. The third-order valence-corrected chi connectivity index (χ3v) is 5.20. The number of fused-ring (bicyclic) bond motifs is 3. The number of benzene rings is 1. The number of anilines is 2. The second-order valence-corrected chi connectivity index (χ2v) is 6.51. The molecule has 1 amide bonds. The molecule has 2 aliphatic heterocycles. The van der Waals surface area contributed by atoms with Crippen molar-refractivity contribution in [2.75, 3.05) is 16.8 Å². The lowest BCUT2D eigenvalue weighted by Gasteiger charge is -2.36. The van der Waals surface area contributed by atoms with Gasteiger partial charge >= 0.3 is 0 Å². The van der Waals surface area contributed by atoms with Gasteiger partial charge in [0.1, 0.15) is 0 Å². The first-order valence-corrected chi connectivity index (χ1v) is 7.95. The third kappa shape index (κ3) is 1.75. The topological polar surface area (TPSA) is 32.3 Å². The zero-order valence-electron chi connectivity index (χ0n) is 12.1. The minimum atomic E-state index is 0.0306. The Morgan fingerprint density at radius 3 is 2.95 bits per heavy atom. The van der Waals surface area contributed by atoms with Crippen LogP contribution in [0.25, 0.3) is 0 Å². The van der Waals surface area contributed by atoms with Crippen LogP contribution in [0, 0.1) is 0 Å². The number of nitrogens with one attached hydrogen (secondary N) is 1. The highest BCUT2D eigenvalue weighted by molar-refractivity contribution is 5.90. The van der Waals surface area contributed by atoms with Gasteiger partial charge in [-0.2, -0.15) is 0 Å². The van der Waals surface area contributed by atoms with Crippen molar-refractivity contribution in [2.24, 2.45) is 0 Å². The lowest BCUT2D eigenvalue weighted by atomic mass is 9.82. The summed E-state index contributed by atoms with van der Waals surface area (Å²) < 4.78 is 0. The van der Waals surface area contributed by atoms with Crippen molar-refractivity contribution in [1.82, 2.24) is 0 Å². The van der Waals surface area contributed by atoms with Crippen molar-refractivity contribution in [1.29, 1.82) is 0 Å². The minimum absolute atomic E-state index is 0.0306. The fourth-order valence-corrected chi connectivity index (χ4v) is 4.55. The Morgan fingerprint density at radius 2 is 2.10 bits per heavy atom. The summed E-state index contributed by atoms with van der Waals surface area (Å²) in [5.41, 5.74) is 5.48. The summed E-state index contributed by atoms with van der Waals surface area (Å²) in [6.07, 6.45) is 7.80. The van der Waals surface area contributed by atoms with Gasteiger partial charge in [-0.05, 0) is 48.9 Å². The summed E-state index contributed by atoms with van der Waals surface area (Å²) >= 11 is 0. The summed E-state index contributed by atoms with van der Waals surface area (Å²) in [5.74, 6) is 0.729. The van der Waals surface area contributed by atoms with Crippen molar-refractivity contribution >= 4 is 17.3 Å². The van der Waals surface area contributed by atoms with Crippen LogP contribution in [0.3, 0.4) is 0 Å². The average molecular weight is 270 g/mol. The van der Waals surface area contributed by atoms with E-state index in [0.717, 1.165) is 18.2 Å². The van der Waals surface area contributed by atoms with Crippen LogP contribution in [-0.2, 0) is 11.2 Å². The number of amides is 1. The van der Waals surface area contributed by atoms with E-state index in [1.165, 1.54) is 55.5 Å². The summed E-state index contributed by atoms with van der Waals surface area (Å²) in [6, 6.07) is 5.17. The molecule has 2 atom stereocenters. The molecule has 0 saturated heterocycles. The Bertz CT molecular complexity index is 566. The van der Waals surface area contributed by atoms with Gasteiger partial charge in [0, 0.05) is 36.8 Å². The van der Waals surface area contributed by atoms with E-state index in [1.54, 1.807) is 6.92 Å². The first-order chi connectivity index (χ1) is 9.74. The van der Waals surface area contributed by atoms with Crippen molar-refractivity contribution < 1.29 is 4.79 Å². The molecule has 2 unspecified atom stereocenters. The smallest absolute Gasteiger partial charge is 0.221 e. The molecule has 3 nitrogen and oxygen atoms in total. The quantitative estimate of drug-likeness (QED) is 0.848. The molecule has 4 rings (SSSR count). The lowest BCUT2D eigenvalue weighted by molar-refractivity contribution is -0.114. The van der Waals surface area contributed by atoms with E-state index in [2.05, 4.69) is 22.3 Å². The van der Waals surface area contributed by atoms with E-state index in [0.29, 0.717) is 5.92 Å². The van der Waals surface area contributed by atoms with Gasteiger partial charge in [-0.1, -0.05) is 12.8 Å². The maximum absolute atomic E-state index is 11.4. The van der Waals surface area contributed by atoms with Crippen LogP contribution < -0.4 is 10.2 Å². The zero-order valence-corrected chi connectivity index (χ0v) is 12.1. The maximum Gasteiger partial charge on any atom is 0.221 e. The average Bonchev–Trinajstić information content (AvgIpc) is 2.75. The maximum atomic E-state index is 11.4. The molecule has 0 bridgehead atoms. The van der Waals surface area contributed by atoms with Gasteiger partial charge in [0.25, 0.3) is 0 Å². The van der Waals surface area contributed by atoms with Crippen LogP contribution in [0.2, 0.25) is 0 Å². The third-order valence-electron chi connectivity index (χ3n) is 5.20. The fourth-order valence-electron chi connectivity index (χ4n) is 4.55. The van der Waals surface area contributed by atoms with Crippen molar-refractivity contribution in [3.05, 3.63) is 23.3 Å². The van der Waals surface area contributed by atoms with Gasteiger partial charge in [-0.3, -0.25) is 4.79 Å². The van der Waals surface area contributed by atoms with Gasteiger partial charge in [0.05, 0.1) is 0 Å². The Balaban J connectivity index is 1.82. The predicted molar refractivity (Wildman–Crippen MR) is 81.4 cm³/mol. The molecule has 3 aliphatic rings. The highest BCUT2D eigenvalue weighted by Crippen LogP contribution is 2.51. The summed E-state index contributed by atoms with van der Waals surface area (Å²) in [5, 5.41) is 2.99. The standard InChI is InChI=1S/C17H22N2O/c1-11(20)18-13-9-12-5-4-8-19-16-7-3-2-6-14(16)15(10-13)17(12)19/h9-10,14,16H,2-8H2,1H3,(H,18,20). The molecular formula is C17H22N2O. The van der Waals surface area contributed by atoms with E-state index in [1.807, 2.05) is 0 Å². The SMILES string of the molecule is CC(=O)Nc1cc2c3c(c1)C1CCCCC1N3CCC2. The van der Waals surface area contributed by atoms with Crippen LogP contribution >= 0.6 is 0 Å². The normalized spacial score (nSPS) is 26.9. The Kier molecular flexibility index (Phi) is 2.76. The van der Waals surface area contributed by atoms with Crippen LogP contribution in [0.1, 0.15) is 56.1 Å². The number of aryl methyl sites for hydroxylation is 1. The number of hydrogen-bond acceptors (Lipinski definition) is 2. The summed E-state index contributed by atoms with van der Waals surface area (Å²) in [7, 11) is 0. The number of rotatable bonds is 1. The molecule has 1 fully saturated rings. The molecule has 1 N–H and O–H groups in total. The Labute approximate surface area is 120 Å². The van der Waals surface area contributed by atoms with Crippen LogP contribution in [0.15, 0.2) is 12.1 Å². The largest absolute Gasteiger partial charge is 0.367 e. The molecule has 2 heterocycles. The van der Waals surface area contributed by atoms with E-state index in [-0.39, 0.29) is 5.91 Å². The lowest BCUT2D eigenvalue weighted by Crippen LogP contribution is -2.38. The predicted octanol–water partition coefficient (Wildman–Crippen LogP) is 3.44. The van der Waals surface area contributed by atoms with Gasteiger partial charge in [0.2, 0.25) is 5.91 Å². The molecule has 20 heavy (non-hydrogen) atoms. The number of hydrogen-bond donors (Lipinski definition) is 1. The summed E-state index contributed by atoms with van der Waals surface area (Å²) in [4.78, 5) is 14.0. The minimum Gasteiger partial charge on any atom is -0.367 e.